The van der Waals surface area contributed by atoms with E-state index >= 15 is 0 Å². The minimum absolute atomic E-state index is 0.0662. The normalized spacial score (nSPS) is 12.7. The summed E-state index contributed by atoms with van der Waals surface area (Å²) in [6.07, 6.45) is -10.1. The van der Waals surface area contributed by atoms with Crippen molar-refractivity contribution in [3.63, 3.8) is 0 Å². The van der Waals surface area contributed by atoms with E-state index in [2.05, 4.69) is 34.6 Å². The second kappa shape index (κ2) is 39.0. The van der Waals surface area contributed by atoms with Crippen LogP contribution in [0.25, 0.3) is 33.1 Å². The average molecular weight is 1840 g/mol. The van der Waals surface area contributed by atoms with Gasteiger partial charge in [-0.1, -0.05) is 36.4 Å². The van der Waals surface area contributed by atoms with Gasteiger partial charge in [0.2, 0.25) is 15.5 Å². The third-order valence-electron chi connectivity index (χ3n) is 16.7. The zero-order valence-electron chi connectivity index (χ0n) is 64.0. The summed E-state index contributed by atoms with van der Waals surface area (Å²) in [5.41, 5.74) is 17.4. The number of pyridine rings is 3. The number of hydrogen-bond donors (Lipinski definition) is 3. The van der Waals surface area contributed by atoms with Crippen LogP contribution in [0.3, 0.4) is 0 Å². The Morgan fingerprint density at radius 3 is 0.984 bits per heavy atom. The molecule has 0 fully saturated rings. The summed E-state index contributed by atoms with van der Waals surface area (Å²) in [5.74, 6) is -4.37. The second-order valence-electron chi connectivity index (χ2n) is 25.5. The second-order valence-corrected chi connectivity index (χ2v) is 34.9. The summed E-state index contributed by atoms with van der Waals surface area (Å²) in [7, 11) is -18.5. The lowest BCUT2D eigenvalue weighted by Crippen LogP contribution is -2.22. The van der Waals surface area contributed by atoms with Gasteiger partial charge in [0, 0.05) is 41.3 Å². The molecule has 3 unspecified atom stereocenters. The number of para-hydroxylation sites is 6. The molecule has 0 radical (unpaired) electrons. The van der Waals surface area contributed by atoms with Crippen LogP contribution in [-0.2, 0) is 104 Å². The molecule has 12 aromatic rings. The first kappa shape index (κ1) is 92.6. The Balaban J connectivity index is 0.000000194. The minimum Gasteiger partial charge on any atom is -0.484 e. The van der Waals surface area contributed by atoms with Gasteiger partial charge in [-0.25, -0.2) is 56.9 Å². The summed E-state index contributed by atoms with van der Waals surface area (Å²) in [6.45, 7) is -2.21. The molecule has 48 heteroatoms. The Morgan fingerprint density at radius 2 is 0.667 bits per heavy atom. The number of esters is 1. The summed E-state index contributed by atoms with van der Waals surface area (Å²) < 4.78 is 280. The number of methoxy groups -OCH3 is 1. The van der Waals surface area contributed by atoms with Crippen LogP contribution in [0.15, 0.2) is 206 Å². The van der Waals surface area contributed by atoms with Gasteiger partial charge < -0.3 is 55.1 Å². The first-order chi connectivity index (χ1) is 57.9. The van der Waals surface area contributed by atoms with E-state index in [9.17, 15) is 96.6 Å². The molecule has 0 saturated heterocycles. The van der Waals surface area contributed by atoms with E-state index in [0.717, 1.165) is 24.0 Å². The van der Waals surface area contributed by atoms with Crippen molar-refractivity contribution in [2.75, 3.05) is 53.4 Å². The first-order valence-electron chi connectivity index (χ1n) is 35.0. The lowest BCUT2D eigenvalue weighted by molar-refractivity contribution is -0.154. The van der Waals surface area contributed by atoms with E-state index < -0.39 is 160 Å². The van der Waals surface area contributed by atoms with Gasteiger partial charge in [0.05, 0.1) is 122 Å². The molecule has 33 nitrogen and oxygen atoms in total. The molecule has 123 heavy (non-hydrogen) atoms. The van der Waals surface area contributed by atoms with E-state index in [1.54, 1.807) is 42.5 Å². The topological polar surface area (TPSA) is 466 Å². The Hall–Kier alpha value is -12.7. The van der Waals surface area contributed by atoms with Crippen molar-refractivity contribution < 1.29 is 134 Å². The van der Waals surface area contributed by atoms with E-state index in [-0.39, 0.29) is 145 Å². The number of primary amides is 3. The number of rotatable bonds is 33. The Labute approximate surface area is 699 Å². The van der Waals surface area contributed by atoms with Crippen molar-refractivity contribution in [1.82, 2.24) is 41.8 Å². The Morgan fingerprint density at radius 1 is 0.374 bits per heavy atom. The molecular formula is C75H67F9N12O21S6. The zero-order valence-corrected chi connectivity index (χ0v) is 68.9. The fourth-order valence-corrected chi connectivity index (χ4v) is 20.1. The fraction of sp³-hybridized carbons (Fsp3) is 0.227. The molecule has 6 heterocycles. The van der Waals surface area contributed by atoms with Gasteiger partial charge in [-0.05, 0) is 136 Å². The Bertz CT molecular complexity index is 6400. The highest BCUT2D eigenvalue weighted by molar-refractivity contribution is 7.92. The predicted octanol–water partition coefficient (Wildman–Crippen LogP) is 8.82. The lowest BCUT2D eigenvalue weighted by atomic mass is 10.2. The largest absolute Gasteiger partial charge is 0.484 e. The van der Waals surface area contributed by atoms with Gasteiger partial charge >= 0.3 is 24.5 Å². The van der Waals surface area contributed by atoms with Crippen molar-refractivity contribution >= 4 is 119 Å². The van der Waals surface area contributed by atoms with Crippen LogP contribution in [0.2, 0.25) is 0 Å². The van der Waals surface area contributed by atoms with E-state index in [0.29, 0.717) is 0 Å². The number of nitrogens with two attached hydrogens (primary N) is 3. The number of nitrogens with zero attached hydrogens (tertiary/aromatic N) is 9. The summed E-state index contributed by atoms with van der Waals surface area (Å²) in [6, 6.07) is 36.1. The molecule has 6 N–H and O–H groups in total. The molecule has 0 aliphatic heterocycles. The molecule has 0 aliphatic rings. The van der Waals surface area contributed by atoms with Crippen LogP contribution in [0.4, 0.5) is 39.5 Å². The molecule has 0 spiro atoms. The maximum absolute atomic E-state index is 14.0. The Kier molecular flexibility index (Phi) is 29.4. The molecule has 12 rings (SSSR count). The molecule has 6 aromatic carbocycles. The number of imidazole rings is 3. The van der Waals surface area contributed by atoms with Crippen LogP contribution in [0.5, 0.6) is 40.2 Å². The number of carbonyl (C=O) groups excluding carboxylic acids is 4. The number of alkyl halides is 9. The average Bonchev–Trinajstić information content (AvgIpc) is 1.62. The molecule has 0 aliphatic carbocycles. The SMILES string of the molecule is COC(=O)COc1ccc(S(=O)(=O)n2c(S(=O)Cc3nccc(OCC(F)(F)F)c3C)nc3ccccc32)cc1.Cc1c(OCC(F)(F)F)ccnc1CS(=O)c1nc2ccccc2n1S(=O)(=O)c1ccc(OCC(N)=O)c(OCC(N)=O)c1.Cc1c(OCC(F)(F)F)ccnc1CS(=O)c1nc2ccccc2n1S(=O)(=O)c1ccc(OCC(N)=O)cc1. The standard InChI is InChI=1S/C26H24F3N5O8S2.C25H22F3N3O7S2.C24H21F3N4O6S2/c1-15-18(32-9-8-20(15)42-14-26(27,28)29)13-43(37)25-33-17-4-2-3-5-19(17)34(25)44(38,39)16-6-7-21(40-11-23(30)35)22(10-16)41-12-24(31)36;1-16-20(29-12-11-22(16)38-15-25(26,27)28)14-39(33)24-30-19-5-3-4-6-21(19)31(24)40(34,35)18-9-7-17(8-10-18)37-13-23(32)36-2;1-15-19(29-11-10-21(15)37-14-24(25,26)27)13-38(33)23-30-18-4-2-3-5-20(18)31(23)39(34,35)17-8-6-16(7-9-17)36-12-22(28)32/h2-10H,11-14H2,1H3,(H2,30,35)(H2,31,36);3-12H,13-15H2,1-2H3;2-11H,12-14H2,1H3,(H2,28,32). The third kappa shape index (κ3) is 23.5. The molecular weight excluding hydrogens is 1770 g/mol. The number of fused-ring (bicyclic) bond motifs is 3. The summed E-state index contributed by atoms with van der Waals surface area (Å²) >= 11 is 0. The van der Waals surface area contributed by atoms with Crippen LogP contribution in [-0.4, -0.2) is 175 Å². The van der Waals surface area contributed by atoms with E-state index in [1.165, 1.54) is 150 Å². The van der Waals surface area contributed by atoms with Gasteiger partial charge in [0.15, 0.2) is 57.7 Å². The highest BCUT2D eigenvalue weighted by Gasteiger charge is 2.36. The third-order valence-corrected chi connectivity index (χ3v) is 25.9. The molecule has 3 atom stereocenters. The monoisotopic (exact) mass is 1830 g/mol. The number of hydrogen-bond acceptors (Lipinski definition) is 27. The van der Waals surface area contributed by atoms with Gasteiger partial charge in [-0.2, -0.15) is 39.5 Å². The van der Waals surface area contributed by atoms with Gasteiger partial charge in [0.1, 0.15) is 28.7 Å². The smallest absolute Gasteiger partial charge is 0.422 e. The number of amides is 3. The molecule has 0 bridgehead atoms. The minimum atomic E-state index is -4.59. The quantitative estimate of drug-likeness (QED) is 0.0255. The van der Waals surface area contributed by atoms with Crippen molar-refractivity contribution in [2.24, 2.45) is 17.2 Å². The highest BCUT2D eigenvalue weighted by atomic mass is 32.2. The fourth-order valence-electron chi connectivity index (χ4n) is 11.0. The first-order valence-corrected chi connectivity index (χ1v) is 43.3. The molecule has 652 valence electrons. The van der Waals surface area contributed by atoms with Crippen molar-refractivity contribution in [2.45, 2.75) is 86.7 Å². The van der Waals surface area contributed by atoms with Gasteiger partial charge in [-0.15, -0.1) is 0 Å². The van der Waals surface area contributed by atoms with Crippen LogP contribution < -0.4 is 50.4 Å². The van der Waals surface area contributed by atoms with Gasteiger partial charge in [-0.3, -0.25) is 42.0 Å². The molecule has 6 aromatic heterocycles. The molecule has 0 saturated carbocycles. The number of halogens is 9. The van der Waals surface area contributed by atoms with Crippen LogP contribution in [0.1, 0.15) is 33.8 Å². The number of carbonyl (C=O) groups is 4. The van der Waals surface area contributed by atoms with E-state index in [1.807, 2.05) is 0 Å². The van der Waals surface area contributed by atoms with Crippen molar-refractivity contribution in [3.05, 3.63) is 210 Å². The summed E-state index contributed by atoms with van der Waals surface area (Å²) in [5, 5.41) is -0.995. The van der Waals surface area contributed by atoms with E-state index in [4.69, 9.17) is 50.4 Å². The summed E-state index contributed by atoms with van der Waals surface area (Å²) in [4.78, 5) is 69.2. The maximum atomic E-state index is 14.0. The molecule has 3 amide bonds. The van der Waals surface area contributed by atoms with Crippen molar-refractivity contribution in [1.29, 1.82) is 0 Å². The van der Waals surface area contributed by atoms with Gasteiger partial charge in [0.25, 0.3) is 47.8 Å². The van der Waals surface area contributed by atoms with Crippen LogP contribution in [0, 0.1) is 20.8 Å². The maximum Gasteiger partial charge on any atom is 0.422 e. The number of benzene rings is 6. The van der Waals surface area contributed by atoms with Crippen LogP contribution >= 0.6 is 0 Å². The lowest BCUT2D eigenvalue weighted by Gasteiger charge is -2.15. The number of aromatic nitrogens is 9. The number of ether oxygens (including phenoxy) is 8. The predicted molar refractivity (Wildman–Crippen MR) is 420 cm³/mol. The van der Waals surface area contributed by atoms with Crippen molar-refractivity contribution in [3.8, 4) is 40.2 Å². The zero-order chi connectivity index (χ0) is 89.7. The highest BCUT2D eigenvalue weighted by Crippen LogP contribution is 2.37.